The van der Waals surface area contributed by atoms with Gasteiger partial charge in [-0.2, -0.15) is 0 Å². The molecular formula is C15H22N2O3. The van der Waals surface area contributed by atoms with Gasteiger partial charge in [-0.25, -0.2) is 0 Å². The molecule has 0 saturated heterocycles. The molecule has 1 fully saturated rings. The predicted molar refractivity (Wildman–Crippen MR) is 77.0 cm³/mol. The highest BCUT2D eigenvalue weighted by Crippen LogP contribution is 2.36. The van der Waals surface area contributed by atoms with E-state index in [9.17, 15) is 5.11 Å². The number of aliphatic hydroxyl groups excluding tert-OH is 1. The van der Waals surface area contributed by atoms with E-state index in [1.54, 1.807) is 0 Å². The lowest BCUT2D eigenvalue weighted by molar-refractivity contribution is 0.0945. The average Bonchev–Trinajstić information content (AvgIpc) is 2.38. The predicted octanol–water partition coefficient (Wildman–Crippen LogP) is 1.39. The van der Waals surface area contributed by atoms with Gasteiger partial charge >= 0.3 is 0 Å². The molecule has 110 valence electrons. The van der Waals surface area contributed by atoms with Gasteiger partial charge < -0.3 is 20.3 Å². The van der Waals surface area contributed by atoms with Crippen molar-refractivity contribution in [3.8, 4) is 11.5 Å². The number of aliphatic hydroxyl groups is 1. The van der Waals surface area contributed by atoms with Crippen LogP contribution in [0.15, 0.2) is 12.1 Å². The average molecular weight is 278 g/mol. The molecule has 3 N–H and O–H groups in total. The minimum absolute atomic E-state index is 0.182. The molecule has 2 aliphatic rings. The number of nitrogens with zero attached hydrogens (tertiary/aromatic N) is 1. The fourth-order valence-electron chi connectivity index (χ4n) is 2.77. The monoisotopic (exact) mass is 278 g/mol. The quantitative estimate of drug-likeness (QED) is 0.797. The summed E-state index contributed by atoms with van der Waals surface area (Å²) in [4.78, 5) is 2.31. The highest BCUT2D eigenvalue weighted by atomic mass is 16.6. The lowest BCUT2D eigenvalue weighted by atomic mass is 9.91. The van der Waals surface area contributed by atoms with Crippen LogP contribution >= 0.6 is 0 Å². The molecule has 1 aliphatic carbocycles. The van der Waals surface area contributed by atoms with Gasteiger partial charge in [-0.05, 0) is 24.5 Å². The van der Waals surface area contributed by atoms with Gasteiger partial charge in [0.2, 0.25) is 0 Å². The SMILES string of the molecule is Nc1cc2c(cc1CN(CCO)C1CCC1)OCCO2. The van der Waals surface area contributed by atoms with Crippen LogP contribution in [0, 0.1) is 0 Å². The summed E-state index contributed by atoms with van der Waals surface area (Å²) in [6, 6.07) is 4.41. The molecular weight excluding hydrogens is 256 g/mol. The summed E-state index contributed by atoms with van der Waals surface area (Å²) in [7, 11) is 0. The summed E-state index contributed by atoms with van der Waals surface area (Å²) in [5.41, 5.74) is 7.91. The number of anilines is 1. The second kappa shape index (κ2) is 5.89. The van der Waals surface area contributed by atoms with Gasteiger partial charge in [0, 0.05) is 30.9 Å². The van der Waals surface area contributed by atoms with E-state index in [0.29, 0.717) is 25.8 Å². The van der Waals surface area contributed by atoms with Crippen molar-refractivity contribution in [2.45, 2.75) is 31.8 Å². The first-order valence-corrected chi connectivity index (χ1v) is 7.31. The van der Waals surface area contributed by atoms with E-state index in [2.05, 4.69) is 4.90 Å². The molecule has 0 amide bonds. The Hall–Kier alpha value is -1.46. The Bertz CT molecular complexity index is 474. The molecule has 1 aromatic carbocycles. The second-order valence-electron chi connectivity index (χ2n) is 5.47. The van der Waals surface area contributed by atoms with Gasteiger partial charge in [0.25, 0.3) is 0 Å². The van der Waals surface area contributed by atoms with Crippen molar-refractivity contribution in [2.75, 3.05) is 32.1 Å². The number of benzene rings is 1. The minimum atomic E-state index is 0.182. The summed E-state index contributed by atoms with van der Waals surface area (Å²) in [5, 5.41) is 9.23. The molecule has 3 rings (SSSR count). The highest BCUT2D eigenvalue weighted by molar-refractivity contribution is 5.58. The van der Waals surface area contributed by atoms with Gasteiger partial charge in [-0.15, -0.1) is 0 Å². The number of nitrogens with two attached hydrogens (primary N) is 1. The van der Waals surface area contributed by atoms with E-state index in [-0.39, 0.29) is 6.61 Å². The highest BCUT2D eigenvalue weighted by Gasteiger charge is 2.25. The maximum atomic E-state index is 9.23. The van der Waals surface area contributed by atoms with Gasteiger partial charge in [0.05, 0.1) is 6.61 Å². The first kappa shape index (κ1) is 13.5. The molecule has 0 atom stereocenters. The lowest BCUT2D eigenvalue weighted by Gasteiger charge is -2.37. The summed E-state index contributed by atoms with van der Waals surface area (Å²) in [6.07, 6.45) is 3.71. The van der Waals surface area contributed by atoms with E-state index in [4.69, 9.17) is 15.2 Å². The summed E-state index contributed by atoms with van der Waals surface area (Å²) in [5.74, 6) is 1.51. The van der Waals surface area contributed by atoms with Gasteiger partial charge in [-0.1, -0.05) is 6.42 Å². The largest absolute Gasteiger partial charge is 0.486 e. The van der Waals surface area contributed by atoms with Gasteiger partial charge in [0.15, 0.2) is 11.5 Å². The molecule has 5 heteroatoms. The zero-order chi connectivity index (χ0) is 13.9. The van der Waals surface area contributed by atoms with E-state index in [0.717, 1.165) is 29.3 Å². The standard InChI is InChI=1S/C15H22N2O3/c16-13-9-15-14(19-6-7-20-15)8-11(13)10-17(4-5-18)12-2-1-3-12/h8-9,12,18H,1-7,10,16H2. The third-order valence-corrected chi connectivity index (χ3v) is 4.16. The van der Waals surface area contributed by atoms with Crippen LogP contribution in [-0.4, -0.2) is 42.4 Å². The van der Waals surface area contributed by atoms with Crippen molar-refractivity contribution in [2.24, 2.45) is 0 Å². The zero-order valence-electron chi connectivity index (χ0n) is 11.7. The first-order valence-electron chi connectivity index (χ1n) is 7.31. The van der Waals surface area contributed by atoms with Crippen LogP contribution in [0.3, 0.4) is 0 Å². The summed E-state index contributed by atoms with van der Waals surface area (Å²) in [6.45, 7) is 2.79. The van der Waals surface area contributed by atoms with Crippen LogP contribution in [0.5, 0.6) is 11.5 Å². The maximum Gasteiger partial charge on any atom is 0.163 e. The molecule has 1 aromatic rings. The smallest absolute Gasteiger partial charge is 0.163 e. The second-order valence-corrected chi connectivity index (χ2v) is 5.47. The molecule has 20 heavy (non-hydrogen) atoms. The maximum absolute atomic E-state index is 9.23. The van der Waals surface area contributed by atoms with Crippen LogP contribution in [-0.2, 0) is 6.54 Å². The van der Waals surface area contributed by atoms with Crippen LogP contribution in [0.4, 0.5) is 5.69 Å². The van der Waals surface area contributed by atoms with E-state index < -0.39 is 0 Å². The van der Waals surface area contributed by atoms with Crippen molar-refractivity contribution >= 4 is 5.69 Å². The molecule has 0 bridgehead atoms. The lowest BCUT2D eigenvalue weighted by Crippen LogP contribution is -2.41. The Balaban J connectivity index is 1.78. The number of nitrogen functional groups attached to an aromatic ring is 1. The van der Waals surface area contributed by atoms with Crippen molar-refractivity contribution in [3.05, 3.63) is 17.7 Å². The van der Waals surface area contributed by atoms with Crippen molar-refractivity contribution < 1.29 is 14.6 Å². The third kappa shape index (κ3) is 2.69. The number of hydrogen-bond acceptors (Lipinski definition) is 5. The number of fused-ring (bicyclic) bond motifs is 1. The number of ether oxygens (including phenoxy) is 2. The van der Waals surface area contributed by atoms with Crippen LogP contribution in [0.2, 0.25) is 0 Å². The van der Waals surface area contributed by atoms with Crippen LogP contribution in [0.1, 0.15) is 24.8 Å². The van der Waals surface area contributed by atoms with Crippen LogP contribution < -0.4 is 15.2 Å². The molecule has 0 spiro atoms. The van der Waals surface area contributed by atoms with Crippen molar-refractivity contribution in [1.82, 2.24) is 4.90 Å². The van der Waals surface area contributed by atoms with Gasteiger partial charge in [-0.3, -0.25) is 4.90 Å². The number of rotatable bonds is 5. The van der Waals surface area contributed by atoms with Gasteiger partial charge in [0.1, 0.15) is 13.2 Å². The van der Waals surface area contributed by atoms with E-state index in [1.165, 1.54) is 19.3 Å². The normalized spacial score (nSPS) is 18.1. The fraction of sp³-hybridized carbons (Fsp3) is 0.600. The molecule has 5 nitrogen and oxygen atoms in total. The zero-order valence-corrected chi connectivity index (χ0v) is 11.7. The Morgan fingerprint density at radius 1 is 1.20 bits per heavy atom. The summed E-state index contributed by atoms with van der Waals surface area (Å²) < 4.78 is 11.1. The Morgan fingerprint density at radius 3 is 2.50 bits per heavy atom. The van der Waals surface area contributed by atoms with Crippen molar-refractivity contribution in [3.63, 3.8) is 0 Å². The minimum Gasteiger partial charge on any atom is -0.486 e. The third-order valence-electron chi connectivity index (χ3n) is 4.16. The topological polar surface area (TPSA) is 68.0 Å². The van der Waals surface area contributed by atoms with E-state index in [1.807, 2.05) is 12.1 Å². The van der Waals surface area contributed by atoms with Crippen molar-refractivity contribution in [1.29, 1.82) is 0 Å². The molecule has 0 unspecified atom stereocenters. The van der Waals surface area contributed by atoms with Crippen LogP contribution in [0.25, 0.3) is 0 Å². The molecule has 0 aromatic heterocycles. The molecule has 1 aliphatic heterocycles. The molecule has 0 radical (unpaired) electrons. The first-order chi connectivity index (χ1) is 9.78. The Kier molecular flexibility index (Phi) is 3.98. The Morgan fingerprint density at radius 2 is 1.90 bits per heavy atom. The Labute approximate surface area is 119 Å². The number of hydrogen-bond donors (Lipinski definition) is 2. The molecule has 1 heterocycles. The fourth-order valence-corrected chi connectivity index (χ4v) is 2.77. The summed E-state index contributed by atoms with van der Waals surface area (Å²) >= 11 is 0. The van der Waals surface area contributed by atoms with E-state index >= 15 is 0 Å². The molecule has 1 saturated carbocycles.